The molecule has 0 N–H and O–H groups in total. The number of Topliss-reactive ketones (excluding diaryl/α,β-unsaturated/α-hetero) is 1. The van der Waals surface area contributed by atoms with Gasteiger partial charge >= 0.3 is 6.18 Å². The zero-order valence-electron chi connectivity index (χ0n) is 10.1. The molecule has 0 aliphatic rings. The number of pyridine rings is 1. The van der Waals surface area contributed by atoms with Crippen LogP contribution in [0, 0.1) is 0 Å². The van der Waals surface area contributed by atoms with Crippen molar-refractivity contribution >= 4 is 11.4 Å². The van der Waals surface area contributed by atoms with Crippen molar-refractivity contribution < 1.29 is 22.7 Å². The van der Waals surface area contributed by atoms with Gasteiger partial charge in [-0.3, -0.25) is 9.20 Å². The van der Waals surface area contributed by atoms with Crippen LogP contribution in [0.25, 0.3) is 5.65 Å². The normalized spacial score (nSPS) is 11.8. The largest absolute Gasteiger partial charge is 0.493 e. The maximum Gasteiger partial charge on any atom is 0.392 e. The molecule has 0 saturated heterocycles. The minimum Gasteiger partial charge on any atom is -0.493 e. The maximum atomic E-state index is 12.0. The quantitative estimate of drug-likeness (QED) is 0.804. The topological polar surface area (TPSA) is 43.6 Å². The van der Waals surface area contributed by atoms with Crippen molar-refractivity contribution in [1.29, 1.82) is 0 Å². The van der Waals surface area contributed by atoms with Crippen LogP contribution in [0.2, 0.25) is 0 Å². The van der Waals surface area contributed by atoms with Gasteiger partial charge in [-0.2, -0.15) is 13.2 Å². The number of alkyl halides is 3. The molecule has 4 nitrogen and oxygen atoms in total. The van der Waals surface area contributed by atoms with E-state index in [0.29, 0.717) is 11.3 Å². The van der Waals surface area contributed by atoms with E-state index in [9.17, 15) is 18.0 Å². The molecule has 2 heterocycles. The molecule has 0 aromatic carbocycles. The third-order valence-corrected chi connectivity index (χ3v) is 2.50. The van der Waals surface area contributed by atoms with E-state index in [1.165, 1.54) is 25.3 Å². The van der Waals surface area contributed by atoms with Gasteiger partial charge in [0.15, 0.2) is 5.78 Å². The number of ketones is 1. The van der Waals surface area contributed by atoms with Crippen LogP contribution in [0.5, 0.6) is 5.75 Å². The van der Waals surface area contributed by atoms with Gasteiger partial charge in [0.25, 0.3) is 0 Å². The molecule has 0 fully saturated rings. The Balaban J connectivity index is 2.12. The number of nitrogens with zero attached hydrogens (tertiary/aromatic N) is 2. The van der Waals surface area contributed by atoms with Gasteiger partial charge in [0, 0.05) is 19.2 Å². The van der Waals surface area contributed by atoms with Gasteiger partial charge in [0.1, 0.15) is 17.1 Å². The lowest BCUT2D eigenvalue weighted by molar-refractivity contribution is -0.139. The number of carbonyl (C=O) groups excluding carboxylic acids is 1. The summed E-state index contributed by atoms with van der Waals surface area (Å²) in [6.07, 6.45) is -2.29. The maximum absolute atomic E-state index is 12.0. The van der Waals surface area contributed by atoms with Gasteiger partial charge < -0.3 is 4.74 Å². The summed E-state index contributed by atoms with van der Waals surface area (Å²) < 4.78 is 42.5. The SMILES string of the molecule is CC(=O)c1cnc2cc(OCCC(F)(F)F)ccn12. The standard InChI is InChI=1S/C12H11F3N2O2/c1-8(18)10-7-16-11-6-9(2-4-17(10)11)19-5-3-12(13,14)15/h2,4,6-7H,3,5H2,1H3. The predicted octanol–water partition coefficient (Wildman–Crippen LogP) is 2.87. The summed E-state index contributed by atoms with van der Waals surface area (Å²) in [5, 5.41) is 0. The van der Waals surface area contributed by atoms with Gasteiger partial charge in [-0.05, 0) is 6.07 Å². The van der Waals surface area contributed by atoms with Crippen molar-refractivity contribution in [2.75, 3.05) is 6.61 Å². The molecule has 2 aromatic rings. The van der Waals surface area contributed by atoms with E-state index in [0.717, 1.165) is 0 Å². The second-order valence-corrected chi connectivity index (χ2v) is 4.00. The molecular formula is C12H11F3N2O2. The molecule has 0 saturated carbocycles. The fourth-order valence-corrected chi connectivity index (χ4v) is 1.60. The lowest BCUT2D eigenvalue weighted by Crippen LogP contribution is -2.13. The van der Waals surface area contributed by atoms with Crippen LogP contribution < -0.4 is 4.74 Å². The highest BCUT2D eigenvalue weighted by molar-refractivity contribution is 5.93. The summed E-state index contributed by atoms with van der Waals surface area (Å²) in [4.78, 5) is 15.3. The first kappa shape index (κ1) is 13.4. The van der Waals surface area contributed by atoms with E-state index in [1.54, 1.807) is 10.6 Å². The summed E-state index contributed by atoms with van der Waals surface area (Å²) in [7, 11) is 0. The molecule has 102 valence electrons. The van der Waals surface area contributed by atoms with Crippen molar-refractivity contribution in [3.05, 3.63) is 30.2 Å². The number of imidazole rings is 1. The molecule has 0 radical (unpaired) electrons. The Labute approximate surface area is 106 Å². The molecule has 19 heavy (non-hydrogen) atoms. The molecule has 0 amide bonds. The predicted molar refractivity (Wildman–Crippen MR) is 61.4 cm³/mol. The van der Waals surface area contributed by atoms with Crippen LogP contribution in [-0.4, -0.2) is 28.0 Å². The van der Waals surface area contributed by atoms with Crippen LogP contribution in [0.1, 0.15) is 23.8 Å². The summed E-state index contributed by atoms with van der Waals surface area (Å²) in [6.45, 7) is 0.969. The lowest BCUT2D eigenvalue weighted by atomic mass is 10.3. The highest BCUT2D eigenvalue weighted by atomic mass is 19.4. The molecule has 0 aliphatic carbocycles. The molecule has 0 unspecified atom stereocenters. The van der Waals surface area contributed by atoms with Crippen molar-refractivity contribution in [2.24, 2.45) is 0 Å². The monoisotopic (exact) mass is 272 g/mol. The molecular weight excluding hydrogens is 261 g/mol. The average Bonchev–Trinajstić information content (AvgIpc) is 2.70. The first-order chi connectivity index (χ1) is 8.87. The fraction of sp³-hybridized carbons (Fsp3) is 0.333. The number of rotatable bonds is 4. The Kier molecular flexibility index (Phi) is 3.46. The van der Waals surface area contributed by atoms with E-state index in [-0.39, 0.29) is 11.5 Å². The summed E-state index contributed by atoms with van der Waals surface area (Å²) in [5.41, 5.74) is 0.867. The van der Waals surface area contributed by atoms with Gasteiger partial charge in [-0.15, -0.1) is 0 Å². The average molecular weight is 272 g/mol. The zero-order valence-corrected chi connectivity index (χ0v) is 10.1. The number of carbonyl (C=O) groups is 1. The van der Waals surface area contributed by atoms with E-state index in [2.05, 4.69) is 4.98 Å². The molecule has 0 bridgehead atoms. The van der Waals surface area contributed by atoms with Crippen molar-refractivity contribution in [2.45, 2.75) is 19.5 Å². The lowest BCUT2D eigenvalue weighted by Gasteiger charge is -2.08. The van der Waals surface area contributed by atoms with E-state index >= 15 is 0 Å². The number of aromatic nitrogens is 2. The molecule has 2 rings (SSSR count). The number of ether oxygens (including phenoxy) is 1. The second kappa shape index (κ2) is 4.91. The molecule has 2 aromatic heterocycles. The molecule has 0 atom stereocenters. The van der Waals surface area contributed by atoms with Crippen molar-refractivity contribution in [3.63, 3.8) is 0 Å². The number of hydrogen-bond acceptors (Lipinski definition) is 3. The smallest absolute Gasteiger partial charge is 0.392 e. The van der Waals surface area contributed by atoms with E-state index in [1.807, 2.05) is 0 Å². The zero-order chi connectivity index (χ0) is 14.0. The summed E-state index contributed by atoms with van der Waals surface area (Å²) >= 11 is 0. The minimum atomic E-state index is -4.24. The number of fused-ring (bicyclic) bond motifs is 1. The summed E-state index contributed by atoms with van der Waals surface area (Å²) in [6, 6.07) is 2.99. The molecule has 0 aliphatic heterocycles. The van der Waals surface area contributed by atoms with E-state index < -0.39 is 19.2 Å². The Morgan fingerprint density at radius 2 is 2.21 bits per heavy atom. The highest BCUT2D eigenvalue weighted by Crippen LogP contribution is 2.21. The van der Waals surface area contributed by atoms with Gasteiger partial charge in [-0.25, -0.2) is 4.98 Å². The Bertz CT molecular complexity index is 605. The Morgan fingerprint density at radius 3 is 2.84 bits per heavy atom. The third-order valence-electron chi connectivity index (χ3n) is 2.50. The number of hydrogen-bond donors (Lipinski definition) is 0. The first-order valence-corrected chi connectivity index (χ1v) is 5.54. The minimum absolute atomic E-state index is 0.141. The van der Waals surface area contributed by atoms with E-state index in [4.69, 9.17) is 4.74 Å². The van der Waals surface area contributed by atoms with Crippen molar-refractivity contribution in [3.8, 4) is 5.75 Å². The molecule has 7 heteroatoms. The number of halogens is 3. The van der Waals surface area contributed by atoms with Crippen molar-refractivity contribution in [1.82, 2.24) is 9.38 Å². The van der Waals surface area contributed by atoms with Gasteiger partial charge in [0.05, 0.1) is 19.2 Å². The van der Waals surface area contributed by atoms with Gasteiger partial charge in [0.2, 0.25) is 0 Å². The van der Waals surface area contributed by atoms with Crippen LogP contribution in [0.15, 0.2) is 24.5 Å². The van der Waals surface area contributed by atoms with Gasteiger partial charge in [-0.1, -0.05) is 0 Å². The van der Waals surface area contributed by atoms with Crippen LogP contribution in [0.3, 0.4) is 0 Å². The van der Waals surface area contributed by atoms with Crippen LogP contribution >= 0.6 is 0 Å². The van der Waals surface area contributed by atoms with Crippen LogP contribution in [0.4, 0.5) is 13.2 Å². The molecule has 0 spiro atoms. The first-order valence-electron chi connectivity index (χ1n) is 5.54. The van der Waals surface area contributed by atoms with Crippen LogP contribution in [-0.2, 0) is 0 Å². The Hall–Kier alpha value is -2.05. The third kappa shape index (κ3) is 3.24. The summed E-state index contributed by atoms with van der Waals surface area (Å²) in [5.74, 6) is 0.149. The highest BCUT2D eigenvalue weighted by Gasteiger charge is 2.26. The Morgan fingerprint density at radius 1 is 1.47 bits per heavy atom. The fourth-order valence-electron chi connectivity index (χ4n) is 1.60. The second-order valence-electron chi connectivity index (χ2n) is 4.00.